The first-order valence-corrected chi connectivity index (χ1v) is 13.3. The predicted octanol–water partition coefficient (Wildman–Crippen LogP) is 3.51. The number of nitrogens with zero attached hydrogens (tertiary/aromatic N) is 1. The van der Waals surface area contributed by atoms with E-state index in [1.54, 1.807) is 25.1 Å². The molecule has 0 aliphatic carbocycles. The molecule has 1 aromatic heterocycles. The van der Waals surface area contributed by atoms with Gasteiger partial charge in [0.2, 0.25) is 17.7 Å². The SMILES string of the molecule is CCOC(=O)c1ccc(N2C(=O)[C@@H]3[C@H](Cc4c[nH]c5ccccc45)N[C@]4(C(=O)Nc5ccccc54)[C@@H]3C2=O)cc1. The molecule has 3 aliphatic heterocycles. The fraction of sp³-hybridized carbons (Fsp3) is 0.226. The number of rotatable bonds is 5. The Bertz CT molecular complexity index is 1710. The number of benzene rings is 3. The van der Waals surface area contributed by atoms with Gasteiger partial charge < -0.3 is 15.0 Å². The predicted molar refractivity (Wildman–Crippen MR) is 148 cm³/mol. The number of anilines is 2. The number of para-hydroxylation sites is 2. The summed E-state index contributed by atoms with van der Waals surface area (Å²) in [7, 11) is 0. The topological polar surface area (TPSA) is 121 Å². The van der Waals surface area contributed by atoms with Crippen molar-refractivity contribution in [3.63, 3.8) is 0 Å². The summed E-state index contributed by atoms with van der Waals surface area (Å²) in [6, 6.07) is 20.9. The number of ether oxygens (including phenoxy) is 1. The van der Waals surface area contributed by atoms with Crippen molar-refractivity contribution in [2.75, 3.05) is 16.8 Å². The van der Waals surface area contributed by atoms with Gasteiger partial charge in [-0.15, -0.1) is 0 Å². The molecular formula is C31H26N4O5. The molecular weight excluding hydrogens is 508 g/mol. The first-order valence-electron chi connectivity index (χ1n) is 13.3. The number of imide groups is 1. The molecule has 7 rings (SSSR count). The fourth-order valence-corrected chi connectivity index (χ4v) is 6.69. The van der Waals surface area contributed by atoms with Crippen molar-refractivity contribution < 1.29 is 23.9 Å². The monoisotopic (exact) mass is 534 g/mol. The summed E-state index contributed by atoms with van der Waals surface area (Å²) in [5, 5.41) is 7.45. The van der Waals surface area contributed by atoms with Crippen molar-refractivity contribution in [3.05, 3.63) is 95.7 Å². The van der Waals surface area contributed by atoms with Crippen LogP contribution in [0.1, 0.15) is 28.4 Å². The van der Waals surface area contributed by atoms with Gasteiger partial charge in [-0.1, -0.05) is 36.4 Å². The number of carbonyl (C=O) groups is 4. The minimum Gasteiger partial charge on any atom is -0.462 e. The number of H-pyrrole nitrogens is 1. The minimum atomic E-state index is -1.38. The van der Waals surface area contributed by atoms with Crippen LogP contribution in [-0.4, -0.2) is 41.3 Å². The van der Waals surface area contributed by atoms with Crippen LogP contribution in [0.25, 0.3) is 10.9 Å². The zero-order valence-electron chi connectivity index (χ0n) is 21.6. The lowest BCUT2D eigenvalue weighted by atomic mass is 9.76. The number of nitrogens with one attached hydrogen (secondary N) is 3. The quantitative estimate of drug-likeness (QED) is 0.266. The highest BCUT2D eigenvalue weighted by Gasteiger charge is 2.70. The highest BCUT2D eigenvalue weighted by molar-refractivity contribution is 6.26. The maximum Gasteiger partial charge on any atom is 0.338 e. The number of aromatic amines is 1. The summed E-state index contributed by atoms with van der Waals surface area (Å²) >= 11 is 0. The van der Waals surface area contributed by atoms with Gasteiger partial charge in [-0.2, -0.15) is 0 Å². The maximum absolute atomic E-state index is 14.2. The van der Waals surface area contributed by atoms with Crippen LogP contribution in [0.2, 0.25) is 0 Å². The first-order chi connectivity index (χ1) is 19.4. The molecule has 0 unspecified atom stereocenters. The summed E-state index contributed by atoms with van der Waals surface area (Å²) in [5.41, 5.74) is 2.55. The van der Waals surface area contributed by atoms with E-state index >= 15 is 0 Å². The largest absolute Gasteiger partial charge is 0.462 e. The van der Waals surface area contributed by atoms with Gasteiger partial charge in [-0.05, 0) is 55.3 Å². The van der Waals surface area contributed by atoms with E-state index in [9.17, 15) is 19.2 Å². The lowest BCUT2D eigenvalue weighted by Gasteiger charge is -2.29. The standard InChI is InChI=1S/C31H26N4O5/c1-2-40-29(38)17-11-13-19(14-12-17)35-27(36)25-24(15-18-16-32-22-9-5-3-7-20(18)22)34-31(26(25)28(35)37)21-8-4-6-10-23(21)33-30(31)39/h3-14,16,24-26,32,34H,2,15H2,1H3,(H,33,39)/t24-,25+,26-,31-/m0/s1. The van der Waals surface area contributed by atoms with Gasteiger partial charge in [0.15, 0.2) is 0 Å². The molecule has 3 aromatic carbocycles. The number of hydrogen-bond acceptors (Lipinski definition) is 6. The lowest BCUT2D eigenvalue weighted by molar-refractivity contribution is -0.130. The Balaban J connectivity index is 1.32. The average molecular weight is 535 g/mol. The molecule has 3 aliphatic rings. The van der Waals surface area contributed by atoms with Crippen molar-refractivity contribution in [1.29, 1.82) is 0 Å². The fourth-order valence-electron chi connectivity index (χ4n) is 6.69. The molecule has 40 heavy (non-hydrogen) atoms. The zero-order chi connectivity index (χ0) is 27.6. The second-order valence-corrected chi connectivity index (χ2v) is 10.4. The number of amides is 3. The molecule has 2 saturated heterocycles. The highest BCUT2D eigenvalue weighted by Crippen LogP contribution is 2.54. The Morgan fingerprint density at radius 2 is 1.70 bits per heavy atom. The van der Waals surface area contributed by atoms with Gasteiger partial charge >= 0.3 is 5.97 Å². The van der Waals surface area contributed by atoms with Gasteiger partial charge in [0.1, 0.15) is 5.54 Å². The molecule has 9 nitrogen and oxygen atoms in total. The summed E-state index contributed by atoms with van der Waals surface area (Å²) in [6.45, 7) is 1.96. The normalized spacial score (nSPS) is 25.0. The van der Waals surface area contributed by atoms with Crippen LogP contribution in [0, 0.1) is 11.8 Å². The van der Waals surface area contributed by atoms with Crippen LogP contribution in [0.3, 0.4) is 0 Å². The van der Waals surface area contributed by atoms with E-state index in [-0.39, 0.29) is 18.4 Å². The van der Waals surface area contributed by atoms with E-state index in [2.05, 4.69) is 15.6 Å². The summed E-state index contributed by atoms with van der Waals surface area (Å²) < 4.78 is 5.06. The van der Waals surface area contributed by atoms with Crippen molar-refractivity contribution in [1.82, 2.24) is 10.3 Å². The summed E-state index contributed by atoms with van der Waals surface area (Å²) in [5.74, 6) is -3.35. The molecule has 4 aromatic rings. The van der Waals surface area contributed by atoms with Crippen LogP contribution in [-0.2, 0) is 31.1 Å². The van der Waals surface area contributed by atoms with E-state index < -0.39 is 35.3 Å². The first kappa shape index (κ1) is 24.3. The van der Waals surface area contributed by atoms with Crippen molar-refractivity contribution in [2.45, 2.75) is 24.9 Å². The third kappa shape index (κ3) is 3.31. The Morgan fingerprint density at radius 1 is 0.950 bits per heavy atom. The van der Waals surface area contributed by atoms with E-state index in [1.165, 1.54) is 17.0 Å². The number of aromatic nitrogens is 1. The Morgan fingerprint density at radius 3 is 2.50 bits per heavy atom. The van der Waals surface area contributed by atoms with Crippen molar-refractivity contribution >= 4 is 46.0 Å². The van der Waals surface area contributed by atoms with Crippen LogP contribution >= 0.6 is 0 Å². The van der Waals surface area contributed by atoms with Crippen LogP contribution in [0.15, 0.2) is 79.0 Å². The smallest absolute Gasteiger partial charge is 0.338 e. The third-order valence-electron chi connectivity index (χ3n) is 8.37. The Hall–Kier alpha value is -4.76. The molecule has 2 fully saturated rings. The van der Waals surface area contributed by atoms with Crippen LogP contribution in [0.5, 0.6) is 0 Å². The van der Waals surface area contributed by atoms with Crippen molar-refractivity contribution in [2.24, 2.45) is 11.8 Å². The molecule has 200 valence electrons. The maximum atomic E-state index is 14.2. The molecule has 4 atom stereocenters. The number of hydrogen-bond donors (Lipinski definition) is 3. The van der Waals surface area contributed by atoms with Gasteiger partial charge in [0.05, 0.1) is 29.7 Å². The number of carbonyl (C=O) groups excluding carboxylic acids is 4. The van der Waals surface area contributed by atoms with E-state index in [1.807, 2.05) is 48.7 Å². The number of fused-ring (bicyclic) bond motifs is 5. The van der Waals surface area contributed by atoms with Crippen molar-refractivity contribution in [3.8, 4) is 0 Å². The van der Waals surface area contributed by atoms with E-state index in [0.717, 1.165) is 16.5 Å². The molecule has 1 spiro atoms. The molecule has 0 bridgehead atoms. The molecule has 0 radical (unpaired) electrons. The second-order valence-electron chi connectivity index (χ2n) is 10.4. The lowest BCUT2D eigenvalue weighted by Crippen LogP contribution is -2.53. The minimum absolute atomic E-state index is 0.240. The van der Waals surface area contributed by atoms with E-state index in [4.69, 9.17) is 4.74 Å². The summed E-state index contributed by atoms with van der Waals surface area (Å²) in [6.07, 6.45) is 2.36. The van der Waals surface area contributed by atoms with Gasteiger partial charge in [0.25, 0.3) is 0 Å². The molecule has 4 heterocycles. The summed E-state index contributed by atoms with van der Waals surface area (Å²) in [4.78, 5) is 58.6. The van der Waals surface area contributed by atoms with Crippen LogP contribution < -0.4 is 15.5 Å². The molecule has 9 heteroatoms. The number of esters is 1. The zero-order valence-corrected chi connectivity index (χ0v) is 21.6. The second kappa shape index (κ2) is 8.89. The van der Waals surface area contributed by atoms with E-state index in [0.29, 0.717) is 28.9 Å². The van der Waals surface area contributed by atoms with Crippen LogP contribution in [0.4, 0.5) is 11.4 Å². The molecule has 0 saturated carbocycles. The highest BCUT2D eigenvalue weighted by atomic mass is 16.5. The molecule has 3 N–H and O–H groups in total. The van der Waals surface area contributed by atoms with Gasteiger partial charge in [-0.3, -0.25) is 19.7 Å². The third-order valence-corrected chi connectivity index (χ3v) is 8.37. The Labute approximate surface area is 229 Å². The Kier molecular flexibility index (Phi) is 5.40. The molecule has 3 amide bonds. The van der Waals surface area contributed by atoms with Gasteiger partial charge in [0, 0.05) is 34.4 Å². The van der Waals surface area contributed by atoms with Gasteiger partial charge in [-0.25, -0.2) is 9.69 Å². The average Bonchev–Trinajstić information content (AvgIpc) is 3.68.